The largest absolute Gasteiger partial charge is 0.497 e. The van der Waals surface area contributed by atoms with Gasteiger partial charge in [-0.15, -0.1) is 0 Å². The maximum atomic E-state index is 14.1. The minimum atomic E-state index is -3.57. The SMILES string of the molecule is COc1ccc(N[C@@H](C2CCCCC2)[C@@H](Cc2ccccc2)S(=O)(=O)c2ccccc2)cc1. The standard InChI is InChI=1S/C28H33NO3S/c1-32-25-19-17-24(18-20-25)29-28(23-13-7-3-8-14-23)27(21-22-11-5-2-6-12-22)33(30,31)26-15-9-4-10-16-26/h2,4-6,9-12,15-20,23,27-29H,3,7-8,13-14,21H2,1H3/t27-,28+/m1/s1. The summed E-state index contributed by atoms with van der Waals surface area (Å²) < 4.78 is 33.4. The highest BCUT2D eigenvalue weighted by Gasteiger charge is 2.39. The van der Waals surface area contributed by atoms with Crippen LogP contribution in [0.5, 0.6) is 5.75 Å². The van der Waals surface area contributed by atoms with Crippen LogP contribution in [-0.2, 0) is 16.3 Å². The van der Waals surface area contributed by atoms with E-state index in [-0.39, 0.29) is 6.04 Å². The third kappa shape index (κ3) is 5.77. The first-order valence-corrected chi connectivity index (χ1v) is 13.4. The van der Waals surface area contributed by atoms with E-state index in [9.17, 15) is 8.42 Å². The summed E-state index contributed by atoms with van der Waals surface area (Å²) in [6.07, 6.45) is 6.08. The summed E-state index contributed by atoms with van der Waals surface area (Å²) >= 11 is 0. The van der Waals surface area contributed by atoms with Crippen LogP contribution in [-0.4, -0.2) is 26.8 Å². The lowest BCUT2D eigenvalue weighted by atomic mass is 9.81. The molecular formula is C28H33NO3S. The molecule has 0 aliphatic heterocycles. The summed E-state index contributed by atoms with van der Waals surface area (Å²) in [4.78, 5) is 0.392. The highest BCUT2D eigenvalue weighted by molar-refractivity contribution is 7.92. The van der Waals surface area contributed by atoms with Crippen LogP contribution >= 0.6 is 0 Å². The second-order valence-electron chi connectivity index (χ2n) is 8.88. The number of rotatable bonds is 9. The highest BCUT2D eigenvalue weighted by Crippen LogP contribution is 2.35. The van der Waals surface area contributed by atoms with Gasteiger partial charge in [0.25, 0.3) is 0 Å². The number of ether oxygens (including phenoxy) is 1. The number of sulfone groups is 1. The van der Waals surface area contributed by atoms with Crippen molar-refractivity contribution in [2.75, 3.05) is 12.4 Å². The molecule has 2 atom stereocenters. The van der Waals surface area contributed by atoms with E-state index in [1.54, 1.807) is 31.4 Å². The van der Waals surface area contributed by atoms with Gasteiger partial charge in [-0.05, 0) is 67.1 Å². The summed E-state index contributed by atoms with van der Waals surface area (Å²) in [5, 5.41) is 3.09. The van der Waals surface area contributed by atoms with E-state index in [0.717, 1.165) is 42.7 Å². The van der Waals surface area contributed by atoms with Gasteiger partial charge in [-0.2, -0.15) is 0 Å². The fourth-order valence-corrected chi connectivity index (χ4v) is 6.92. The first-order valence-electron chi connectivity index (χ1n) is 11.8. The van der Waals surface area contributed by atoms with Gasteiger partial charge in [-0.25, -0.2) is 8.42 Å². The maximum absolute atomic E-state index is 14.1. The Kier molecular flexibility index (Phi) is 7.71. The van der Waals surface area contributed by atoms with E-state index in [4.69, 9.17) is 4.74 Å². The molecule has 3 aromatic carbocycles. The third-order valence-electron chi connectivity index (χ3n) is 6.73. The maximum Gasteiger partial charge on any atom is 0.183 e. The van der Waals surface area contributed by atoms with Gasteiger partial charge >= 0.3 is 0 Å². The minimum Gasteiger partial charge on any atom is -0.497 e. The van der Waals surface area contributed by atoms with E-state index in [1.165, 1.54) is 6.42 Å². The first-order chi connectivity index (χ1) is 16.1. The number of anilines is 1. The van der Waals surface area contributed by atoms with Crippen LogP contribution in [0.4, 0.5) is 5.69 Å². The van der Waals surface area contributed by atoms with E-state index >= 15 is 0 Å². The van der Waals surface area contributed by atoms with Crippen LogP contribution in [0.25, 0.3) is 0 Å². The fourth-order valence-electron chi connectivity index (χ4n) is 4.95. The Balaban J connectivity index is 1.75. The topological polar surface area (TPSA) is 55.4 Å². The van der Waals surface area contributed by atoms with Gasteiger partial charge in [0.2, 0.25) is 0 Å². The van der Waals surface area contributed by atoms with Crippen molar-refractivity contribution in [1.29, 1.82) is 0 Å². The molecule has 0 saturated heterocycles. The molecule has 0 aromatic heterocycles. The molecule has 4 rings (SSSR count). The number of methoxy groups -OCH3 is 1. The number of hydrogen-bond donors (Lipinski definition) is 1. The lowest BCUT2D eigenvalue weighted by molar-refractivity contribution is 0.308. The van der Waals surface area contributed by atoms with Crippen LogP contribution < -0.4 is 10.1 Å². The summed E-state index contributed by atoms with van der Waals surface area (Å²) in [5.41, 5.74) is 1.96. The Morgan fingerprint density at radius 3 is 2.06 bits per heavy atom. The lowest BCUT2D eigenvalue weighted by Crippen LogP contribution is -2.46. The Morgan fingerprint density at radius 2 is 1.45 bits per heavy atom. The van der Waals surface area contributed by atoms with Crippen molar-refractivity contribution in [2.45, 2.75) is 54.7 Å². The minimum absolute atomic E-state index is 0.191. The molecule has 0 unspecified atom stereocenters. The average Bonchev–Trinajstić information content (AvgIpc) is 2.88. The second-order valence-corrected chi connectivity index (χ2v) is 11.0. The first kappa shape index (κ1) is 23.4. The fraction of sp³-hybridized carbons (Fsp3) is 0.357. The zero-order valence-corrected chi connectivity index (χ0v) is 20.0. The Hall–Kier alpha value is -2.79. The van der Waals surface area contributed by atoms with Crippen molar-refractivity contribution in [1.82, 2.24) is 0 Å². The smallest absolute Gasteiger partial charge is 0.183 e. The second kappa shape index (κ2) is 10.9. The van der Waals surface area contributed by atoms with Crippen molar-refractivity contribution in [2.24, 2.45) is 5.92 Å². The number of hydrogen-bond acceptors (Lipinski definition) is 4. The van der Waals surface area contributed by atoms with Gasteiger partial charge in [-0.1, -0.05) is 67.8 Å². The van der Waals surface area contributed by atoms with Gasteiger partial charge in [0.05, 0.1) is 17.3 Å². The number of nitrogens with one attached hydrogen (secondary N) is 1. The lowest BCUT2D eigenvalue weighted by Gasteiger charge is -2.37. The van der Waals surface area contributed by atoms with Crippen molar-refractivity contribution < 1.29 is 13.2 Å². The van der Waals surface area contributed by atoms with Crippen molar-refractivity contribution in [3.05, 3.63) is 90.5 Å². The number of benzene rings is 3. The monoisotopic (exact) mass is 463 g/mol. The molecule has 0 radical (unpaired) electrons. The van der Waals surface area contributed by atoms with E-state index < -0.39 is 15.1 Å². The zero-order chi connectivity index (χ0) is 23.1. The van der Waals surface area contributed by atoms with Gasteiger partial charge in [0.1, 0.15) is 5.75 Å². The Bertz CT molecular complexity index is 1090. The van der Waals surface area contributed by atoms with E-state index in [0.29, 0.717) is 17.2 Å². The molecule has 1 N–H and O–H groups in total. The van der Waals surface area contributed by atoms with Crippen LogP contribution in [0.3, 0.4) is 0 Å². The van der Waals surface area contributed by atoms with Gasteiger partial charge in [-0.3, -0.25) is 0 Å². The average molecular weight is 464 g/mol. The molecule has 0 amide bonds. The molecule has 5 heteroatoms. The molecule has 174 valence electrons. The Morgan fingerprint density at radius 1 is 0.848 bits per heavy atom. The van der Waals surface area contributed by atoms with E-state index in [1.807, 2.05) is 60.7 Å². The molecule has 1 fully saturated rings. The van der Waals surface area contributed by atoms with E-state index in [2.05, 4.69) is 5.32 Å². The van der Waals surface area contributed by atoms with Crippen molar-refractivity contribution >= 4 is 15.5 Å². The molecule has 1 saturated carbocycles. The van der Waals surface area contributed by atoms with Crippen molar-refractivity contribution in [3.63, 3.8) is 0 Å². The van der Waals surface area contributed by atoms with Gasteiger partial charge < -0.3 is 10.1 Å². The molecule has 0 bridgehead atoms. The van der Waals surface area contributed by atoms with Crippen LogP contribution in [0, 0.1) is 5.92 Å². The predicted octanol–water partition coefficient (Wildman–Crippen LogP) is 6.14. The highest BCUT2D eigenvalue weighted by atomic mass is 32.2. The molecule has 1 aliphatic rings. The molecule has 4 nitrogen and oxygen atoms in total. The predicted molar refractivity (Wildman–Crippen MR) is 135 cm³/mol. The van der Waals surface area contributed by atoms with Crippen LogP contribution in [0.2, 0.25) is 0 Å². The van der Waals surface area contributed by atoms with Gasteiger partial charge in [0.15, 0.2) is 9.84 Å². The van der Waals surface area contributed by atoms with Crippen molar-refractivity contribution in [3.8, 4) is 5.75 Å². The molecule has 1 aliphatic carbocycles. The summed E-state index contributed by atoms with van der Waals surface area (Å²) in [7, 11) is -1.92. The third-order valence-corrected chi connectivity index (χ3v) is 8.92. The molecule has 3 aromatic rings. The summed E-state index contributed by atoms with van der Waals surface area (Å²) in [6, 6.07) is 26.5. The summed E-state index contributed by atoms with van der Waals surface area (Å²) in [6.45, 7) is 0. The Labute approximate surface area is 197 Å². The molecule has 0 heterocycles. The van der Waals surface area contributed by atoms with Gasteiger partial charge in [0, 0.05) is 11.7 Å². The molecule has 33 heavy (non-hydrogen) atoms. The normalized spacial score (nSPS) is 16.6. The zero-order valence-electron chi connectivity index (χ0n) is 19.2. The molecule has 0 spiro atoms. The quantitative estimate of drug-likeness (QED) is 0.414. The van der Waals surface area contributed by atoms with Crippen LogP contribution in [0.15, 0.2) is 89.8 Å². The molecular weight excluding hydrogens is 430 g/mol. The van der Waals surface area contributed by atoms with Crippen LogP contribution in [0.1, 0.15) is 37.7 Å². The summed E-state index contributed by atoms with van der Waals surface area (Å²) in [5.74, 6) is 1.08.